The molecule has 2 aliphatic rings. The number of hydrogen-bond acceptors (Lipinski definition) is 4. The molecule has 1 atom stereocenters. The fourth-order valence-corrected chi connectivity index (χ4v) is 3.66. The van der Waals surface area contributed by atoms with Crippen molar-refractivity contribution in [3.63, 3.8) is 0 Å². The summed E-state index contributed by atoms with van der Waals surface area (Å²) in [4.78, 5) is 13.9. The predicted molar refractivity (Wildman–Crippen MR) is 91.4 cm³/mol. The lowest BCUT2D eigenvalue weighted by molar-refractivity contribution is 0.0154. The van der Waals surface area contributed by atoms with Crippen LogP contribution in [0, 0.1) is 11.8 Å². The van der Waals surface area contributed by atoms with E-state index in [4.69, 9.17) is 4.74 Å². The molecule has 0 spiro atoms. The molecule has 23 heavy (non-hydrogen) atoms. The molecule has 2 aliphatic heterocycles. The smallest absolute Gasteiger partial charge is 0.410 e. The first-order valence-corrected chi connectivity index (χ1v) is 9.20. The number of likely N-dealkylation sites (tertiary alicyclic amines) is 1. The van der Waals surface area contributed by atoms with Gasteiger partial charge in [-0.05, 0) is 84.2 Å². The van der Waals surface area contributed by atoms with Crippen LogP contribution in [0.4, 0.5) is 4.79 Å². The molecule has 2 N–H and O–H groups in total. The van der Waals surface area contributed by atoms with Crippen molar-refractivity contribution in [3.8, 4) is 0 Å². The van der Waals surface area contributed by atoms with Gasteiger partial charge in [-0.3, -0.25) is 0 Å². The van der Waals surface area contributed by atoms with Gasteiger partial charge in [-0.1, -0.05) is 0 Å². The summed E-state index contributed by atoms with van der Waals surface area (Å²) in [5.74, 6) is 1.21. The van der Waals surface area contributed by atoms with Crippen LogP contribution in [0.3, 0.4) is 0 Å². The van der Waals surface area contributed by atoms with Crippen molar-refractivity contribution < 1.29 is 14.6 Å². The average Bonchev–Trinajstić information content (AvgIpc) is 2.47. The number of aliphatic hydroxyl groups is 1. The Bertz CT molecular complexity index is 367. The Labute approximate surface area is 140 Å². The Morgan fingerprint density at radius 1 is 1.13 bits per heavy atom. The zero-order chi connectivity index (χ0) is 16.9. The molecule has 0 aromatic rings. The Morgan fingerprint density at radius 2 is 1.65 bits per heavy atom. The summed E-state index contributed by atoms with van der Waals surface area (Å²) in [7, 11) is 0. The largest absolute Gasteiger partial charge is 0.444 e. The molecule has 2 rings (SSSR count). The van der Waals surface area contributed by atoms with Gasteiger partial charge in [-0.15, -0.1) is 0 Å². The van der Waals surface area contributed by atoms with E-state index in [-0.39, 0.29) is 12.2 Å². The Morgan fingerprint density at radius 3 is 2.17 bits per heavy atom. The van der Waals surface area contributed by atoms with Crippen molar-refractivity contribution in [1.29, 1.82) is 0 Å². The van der Waals surface area contributed by atoms with Gasteiger partial charge in [0.1, 0.15) is 5.60 Å². The molecular formula is C18H34N2O3. The highest BCUT2D eigenvalue weighted by molar-refractivity contribution is 5.68. The van der Waals surface area contributed by atoms with Gasteiger partial charge >= 0.3 is 6.09 Å². The highest BCUT2D eigenvalue weighted by Gasteiger charge is 2.28. The second-order valence-electron chi connectivity index (χ2n) is 8.23. The minimum absolute atomic E-state index is 0.184. The van der Waals surface area contributed by atoms with Crippen LogP contribution in [0.25, 0.3) is 0 Å². The zero-order valence-electron chi connectivity index (χ0n) is 15.0. The third-order valence-corrected chi connectivity index (χ3v) is 4.94. The number of carbonyl (C=O) groups is 1. The lowest BCUT2D eigenvalue weighted by Gasteiger charge is -2.34. The van der Waals surface area contributed by atoms with Gasteiger partial charge in [0.15, 0.2) is 0 Å². The van der Waals surface area contributed by atoms with E-state index in [9.17, 15) is 9.90 Å². The summed E-state index contributed by atoms with van der Waals surface area (Å²) in [6.45, 7) is 9.37. The van der Waals surface area contributed by atoms with Crippen molar-refractivity contribution in [3.05, 3.63) is 0 Å². The monoisotopic (exact) mass is 326 g/mol. The molecule has 2 fully saturated rings. The minimum Gasteiger partial charge on any atom is -0.444 e. The molecule has 0 aliphatic carbocycles. The number of carbonyl (C=O) groups excluding carboxylic acids is 1. The minimum atomic E-state index is -0.432. The highest BCUT2D eigenvalue weighted by Crippen LogP contribution is 2.27. The van der Waals surface area contributed by atoms with E-state index in [0.29, 0.717) is 11.8 Å². The van der Waals surface area contributed by atoms with Gasteiger partial charge in [0.05, 0.1) is 6.10 Å². The number of rotatable bonds is 4. The maximum Gasteiger partial charge on any atom is 0.410 e. The first kappa shape index (κ1) is 18.5. The van der Waals surface area contributed by atoms with Crippen molar-refractivity contribution in [1.82, 2.24) is 10.2 Å². The molecule has 2 saturated heterocycles. The molecule has 5 heteroatoms. The quantitative estimate of drug-likeness (QED) is 0.834. The Kier molecular flexibility index (Phi) is 6.72. The van der Waals surface area contributed by atoms with Crippen LogP contribution in [0.2, 0.25) is 0 Å². The maximum atomic E-state index is 12.1. The third kappa shape index (κ3) is 6.68. The van der Waals surface area contributed by atoms with E-state index >= 15 is 0 Å². The predicted octanol–water partition coefficient (Wildman–Crippen LogP) is 2.77. The van der Waals surface area contributed by atoms with Gasteiger partial charge in [-0.2, -0.15) is 0 Å². The van der Waals surface area contributed by atoms with E-state index < -0.39 is 5.60 Å². The van der Waals surface area contributed by atoms with Crippen LogP contribution in [0.1, 0.15) is 59.3 Å². The van der Waals surface area contributed by atoms with Gasteiger partial charge in [-0.25, -0.2) is 4.79 Å². The maximum absolute atomic E-state index is 12.1. The summed E-state index contributed by atoms with van der Waals surface area (Å²) < 4.78 is 5.43. The van der Waals surface area contributed by atoms with Crippen LogP contribution in [-0.2, 0) is 4.74 Å². The molecule has 1 unspecified atom stereocenters. The lowest BCUT2D eigenvalue weighted by Crippen LogP contribution is -2.42. The van der Waals surface area contributed by atoms with Crippen molar-refractivity contribution in [2.24, 2.45) is 11.8 Å². The number of hydrogen-bond donors (Lipinski definition) is 2. The molecule has 5 nitrogen and oxygen atoms in total. The van der Waals surface area contributed by atoms with E-state index in [1.165, 1.54) is 12.8 Å². The van der Waals surface area contributed by atoms with Crippen LogP contribution in [0.15, 0.2) is 0 Å². The molecule has 1 amide bonds. The molecular weight excluding hydrogens is 292 g/mol. The normalized spacial score (nSPS) is 22.9. The summed E-state index contributed by atoms with van der Waals surface area (Å²) >= 11 is 0. The Hall–Kier alpha value is -0.810. The summed E-state index contributed by atoms with van der Waals surface area (Å²) in [5.41, 5.74) is -0.432. The highest BCUT2D eigenvalue weighted by atomic mass is 16.6. The molecule has 0 bridgehead atoms. The van der Waals surface area contributed by atoms with Crippen molar-refractivity contribution in [2.75, 3.05) is 26.2 Å². The van der Waals surface area contributed by atoms with Gasteiger partial charge < -0.3 is 20.1 Å². The molecule has 2 heterocycles. The molecule has 0 saturated carbocycles. The molecule has 0 aromatic carbocycles. The topological polar surface area (TPSA) is 61.8 Å². The number of ether oxygens (including phenoxy) is 1. The zero-order valence-corrected chi connectivity index (χ0v) is 15.0. The third-order valence-electron chi connectivity index (χ3n) is 4.94. The van der Waals surface area contributed by atoms with Crippen LogP contribution >= 0.6 is 0 Å². The number of nitrogens with one attached hydrogen (secondary N) is 1. The van der Waals surface area contributed by atoms with E-state index in [0.717, 1.165) is 51.9 Å². The fourth-order valence-electron chi connectivity index (χ4n) is 3.66. The first-order chi connectivity index (χ1) is 10.8. The summed E-state index contributed by atoms with van der Waals surface area (Å²) in [6, 6.07) is 0. The van der Waals surface area contributed by atoms with Crippen LogP contribution < -0.4 is 5.32 Å². The molecule has 134 valence electrons. The van der Waals surface area contributed by atoms with Gasteiger partial charge in [0.25, 0.3) is 0 Å². The van der Waals surface area contributed by atoms with Crippen molar-refractivity contribution in [2.45, 2.75) is 71.0 Å². The lowest BCUT2D eigenvalue weighted by atomic mass is 9.85. The van der Waals surface area contributed by atoms with Crippen LogP contribution in [-0.4, -0.2) is 54.0 Å². The number of amides is 1. The van der Waals surface area contributed by atoms with E-state index in [1.54, 1.807) is 4.90 Å². The van der Waals surface area contributed by atoms with E-state index in [2.05, 4.69) is 5.32 Å². The first-order valence-electron chi connectivity index (χ1n) is 9.20. The summed E-state index contributed by atoms with van der Waals surface area (Å²) in [5, 5.41) is 13.7. The van der Waals surface area contributed by atoms with E-state index in [1.807, 2.05) is 20.8 Å². The number of nitrogens with zero attached hydrogens (tertiary/aromatic N) is 1. The number of piperidine rings is 2. The molecule has 0 aromatic heterocycles. The van der Waals surface area contributed by atoms with Gasteiger partial charge in [0, 0.05) is 13.1 Å². The van der Waals surface area contributed by atoms with Gasteiger partial charge in [0.2, 0.25) is 0 Å². The second kappa shape index (κ2) is 8.34. The number of aliphatic hydroxyl groups excluding tert-OH is 1. The molecule has 0 radical (unpaired) electrons. The average molecular weight is 326 g/mol. The fraction of sp³-hybridized carbons (Fsp3) is 0.944. The second-order valence-corrected chi connectivity index (χ2v) is 8.23. The Balaban J connectivity index is 1.66. The van der Waals surface area contributed by atoms with Crippen LogP contribution in [0.5, 0.6) is 0 Å². The summed E-state index contributed by atoms with van der Waals surface area (Å²) in [6.07, 6.45) is 5.76. The van der Waals surface area contributed by atoms with Crippen molar-refractivity contribution >= 4 is 6.09 Å². The SMILES string of the molecule is CC(C)(C)OC(=O)N1CCC(CC(O)CC2CCNCC2)CC1. The standard InChI is InChI=1S/C18H34N2O3/c1-18(2,3)23-17(22)20-10-6-15(7-11-20)13-16(21)12-14-4-8-19-9-5-14/h14-16,19,21H,4-13H2,1-3H3.